The normalized spacial score (nSPS) is 18.1. The monoisotopic (exact) mass is 370 g/mol. The maximum Gasteiger partial charge on any atom is 0.0599 e. The van der Waals surface area contributed by atoms with Gasteiger partial charge in [0.05, 0.1) is 6.10 Å². The van der Waals surface area contributed by atoms with Crippen molar-refractivity contribution in [3.63, 3.8) is 0 Å². The molecule has 0 N–H and O–H groups in total. The summed E-state index contributed by atoms with van der Waals surface area (Å²) in [6.07, 6.45) is 11.5. The Balaban J connectivity index is 1.24. The number of benzene rings is 1. The van der Waals surface area contributed by atoms with Gasteiger partial charge in [0, 0.05) is 26.2 Å². The van der Waals surface area contributed by atoms with E-state index in [1.54, 1.807) is 5.57 Å². The van der Waals surface area contributed by atoms with Gasteiger partial charge >= 0.3 is 0 Å². The lowest BCUT2D eigenvalue weighted by Gasteiger charge is -2.32. The first-order valence-corrected chi connectivity index (χ1v) is 11.0. The molecule has 0 bridgehead atoms. The van der Waals surface area contributed by atoms with Gasteiger partial charge in [0.25, 0.3) is 0 Å². The molecule has 1 aliphatic carbocycles. The van der Waals surface area contributed by atoms with Crippen molar-refractivity contribution in [3.05, 3.63) is 41.0 Å². The third kappa shape index (κ3) is 6.74. The highest BCUT2D eigenvalue weighted by molar-refractivity contribution is 5.63. The molecule has 0 atom stereocenters. The van der Waals surface area contributed by atoms with E-state index in [-0.39, 0.29) is 0 Å². The number of hydrogen-bond acceptors (Lipinski definition) is 3. The van der Waals surface area contributed by atoms with Crippen molar-refractivity contribution in [2.45, 2.75) is 58.0 Å². The number of nitrogens with zero attached hydrogens (tertiary/aromatic N) is 2. The zero-order valence-corrected chi connectivity index (χ0v) is 17.5. The van der Waals surface area contributed by atoms with Gasteiger partial charge in [0.15, 0.2) is 0 Å². The number of likely N-dealkylation sites (tertiary alicyclic amines) is 1. The first-order chi connectivity index (χ1) is 13.2. The van der Waals surface area contributed by atoms with Crippen LogP contribution in [0.5, 0.6) is 0 Å². The largest absolute Gasteiger partial charge is 0.378 e. The maximum absolute atomic E-state index is 6.15. The van der Waals surface area contributed by atoms with Crippen LogP contribution in [0.4, 0.5) is 0 Å². The standard InChI is InChI=1S/C24H38N2O/c1-3-13-25(2)14-7-4-8-17-27-24-11-15-26(16-12-24)20-21-18-22-9-5-6-10-23(22)19-21/h5-6,9-10,18,24H,3-4,7-8,11-17,19-20H2,1-2H3. The highest BCUT2D eigenvalue weighted by atomic mass is 16.5. The summed E-state index contributed by atoms with van der Waals surface area (Å²) in [6, 6.07) is 8.80. The van der Waals surface area contributed by atoms with Crippen molar-refractivity contribution in [2.24, 2.45) is 0 Å². The predicted molar refractivity (Wildman–Crippen MR) is 115 cm³/mol. The molecule has 1 aromatic rings. The number of ether oxygens (including phenoxy) is 1. The van der Waals surface area contributed by atoms with Crippen LogP contribution in [-0.2, 0) is 11.2 Å². The molecule has 27 heavy (non-hydrogen) atoms. The Kier molecular flexibility index (Phi) is 8.37. The molecule has 0 unspecified atom stereocenters. The first-order valence-electron chi connectivity index (χ1n) is 11.0. The Morgan fingerprint density at radius 1 is 1.07 bits per heavy atom. The number of unbranched alkanes of at least 4 members (excludes halogenated alkanes) is 2. The van der Waals surface area contributed by atoms with Gasteiger partial charge in [-0.3, -0.25) is 4.90 Å². The van der Waals surface area contributed by atoms with E-state index in [0.717, 1.165) is 19.6 Å². The molecular weight excluding hydrogens is 332 g/mol. The molecule has 1 saturated heterocycles. The predicted octanol–water partition coefficient (Wildman–Crippen LogP) is 4.62. The molecule has 3 heteroatoms. The van der Waals surface area contributed by atoms with Crippen molar-refractivity contribution >= 4 is 6.08 Å². The van der Waals surface area contributed by atoms with Crippen LogP contribution in [0.2, 0.25) is 0 Å². The molecule has 1 aromatic carbocycles. The van der Waals surface area contributed by atoms with Crippen molar-refractivity contribution in [3.8, 4) is 0 Å². The second-order valence-electron chi connectivity index (χ2n) is 8.39. The van der Waals surface area contributed by atoms with Crippen LogP contribution < -0.4 is 0 Å². The minimum absolute atomic E-state index is 0.485. The van der Waals surface area contributed by atoms with Gasteiger partial charge in [-0.2, -0.15) is 0 Å². The summed E-state index contributed by atoms with van der Waals surface area (Å²) in [5, 5.41) is 0. The lowest BCUT2D eigenvalue weighted by Crippen LogP contribution is -2.38. The molecule has 150 valence electrons. The summed E-state index contributed by atoms with van der Waals surface area (Å²) in [4.78, 5) is 5.05. The molecule has 1 fully saturated rings. The molecule has 0 saturated carbocycles. The van der Waals surface area contributed by atoms with Gasteiger partial charge in [-0.05, 0) is 76.2 Å². The second-order valence-corrected chi connectivity index (χ2v) is 8.39. The Morgan fingerprint density at radius 2 is 1.89 bits per heavy atom. The van der Waals surface area contributed by atoms with Crippen LogP contribution in [0.1, 0.15) is 56.6 Å². The number of fused-ring (bicyclic) bond motifs is 1. The van der Waals surface area contributed by atoms with E-state index < -0.39 is 0 Å². The van der Waals surface area contributed by atoms with E-state index in [4.69, 9.17) is 4.74 Å². The highest BCUT2D eigenvalue weighted by Gasteiger charge is 2.21. The molecule has 2 aliphatic rings. The van der Waals surface area contributed by atoms with Crippen LogP contribution in [0.25, 0.3) is 6.08 Å². The van der Waals surface area contributed by atoms with Gasteiger partial charge in [0.1, 0.15) is 0 Å². The average Bonchev–Trinajstić information content (AvgIpc) is 3.08. The molecule has 1 heterocycles. The van der Waals surface area contributed by atoms with Crippen molar-refractivity contribution in [1.82, 2.24) is 9.80 Å². The fraction of sp³-hybridized carbons (Fsp3) is 0.667. The van der Waals surface area contributed by atoms with Crippen LogP contribution >= 0.6 is 0 Å². The van der Waals surface area contributed by atoms with Crippen LogP contribution in [0.15, 0.2) is 29.8 Å². The van der Waals surface area contributed by atoms with Gasteiger partial charge in [-0.1, -0.05) is 42.8 Å². The highest BCUT2D eigenvalue weighted by Crippen LogP contribution is 2.26. The molecular formula is C24H38N2O. The van der Waals surface area contributed by atoms with Crippen molar-refractivity contribution in [2.75, 3.05) is 46.4 Å². The average molecular weight is 371 g/mol. The van der Waals surface area contributed by atoms with Gasteiger partial charge in [0.2, 0.25) is 0 Å². The summed E-state index contributed by atoms with van der Waals surface area (Å²) < 4.78 is 6.15. The molecule has 1 aliphatic heterocycles. The van der Waals surface area contributed by atoms with Crippen molar-refractivity contribution < 1.29 is 4.74 Å². The van der Waals surface area contributed by atoms with E-state index in [9.17, 15) is 0 Å². The van der Waals surface area contributed by atoms with Crippen LogP contribution in [-0.4, -0.2) is 62.3 Å². The number of piperidine rings is 1. The molecule has 3 nitrogen and oxygen atoms in total. The maximum atomic E-state index is 6.15. The summed E-state index contributed by atoms with van der Waals surface area (Å²) >= 11 is 0. The minimum atomic E-state index is 0.485. The molecule has 3 rings (SSSR count). The molecule has 0 radical (unpaired) electrons. The third-order valence-corrected chi connectivity index (χ3v) is 5.94. The zero-order chi connectivity index (χ0) is 18.9. The quantitative estimate of drug-likeness (QED) is 0.529. The lowest BCUT2D eigenvalue weighted by atomic mass is 10.1. The van der Waals surface area contributed by atoms with Gasteiger partial charge in [-0.15, -0.1) is 0 Å². The van der Waals surface area contributed by atoms with Gasteiger partial charge < -0.3 is 9.64 Å². The van der Waals surface area contributed by atoms with E-state index in [0.29, 0.717) is 6.10 Å². The lowest BCUT2D eigenvalue weighted by molar-refractivity contribution is 0.00750. The zero-order valence-electron chi connectivity index (χ0n) is 17.5. The smallest absolute Gasteiger partial charge is 0.0599 e. The molecule has 0 aromatic heterocycles. The molecule has 0 amide bonds. The summed E-state index contributed by atoms with van der Waals surface area (Å²) in [6.45, 7) is 9.14. The Bertz CT molecular complexity index is 590. The first kappa shape index (κ1) is 20.6. The molecule has 0 spiro atoms. The number of hydrogen-bond donors (Lipinski definition) is 0. The van der Waals surface area contributed by atoms with E-state index in [2.05, 4.69) is 54.1 Å². The minimum Gasteiger partial charge on any atom is -0.378 e. The van der Waals surface area contributed by atoms with E-state index in [1.165, 1.54) is 75.8 Å². The van der Waals surface area contributed by atoms with E-state index >= 15 is 0 Å². The van der Waals surface area contributed by atoms with Crippen LogP contribution in [0.3, 0.4) is 0 Å². The topological polar surface area (TPSA) is 15.7 Å². The van der Waals surface area contributed by atoms with Gasteiger partial charge in [-0.25, -0.2) is 0 Å². The fourth-order valence-corrected chi connectivity index (χ4v) is 4.38. The number of rotatable bonds is 11. The Morgan fingerprint density at radius 3 is 2.67 bits per heavy atom. The summed E-state index contributed by atoms with van der Waals surface area (Å²) in [5.41, 5.74) is 4.49. The summed E-state index contributed by atoms with van der Waals surface area (Å²) in [5.74, 6) is 0. The van der Waals surface area contributed by atoms with Crippen LogP contribution in [0, 0.1) is 0 Å². The Hall–Kier alpha value is -1.16. The Labute approximate surface area is 166 Å². The van der Waals surface area contributed by atoms with Crippen molar-refractivity contribution in [1.29, 1.82) is 0 Å². The van der Waals surface area contributed by atoms with E-state index in [1.807, 2.05) is 0 Å². The fourth-order valence-electron chi connectivity index (χ4n) is 4.38. The SMILES string of the molecule is CCCN(C)CCCCCOC1CCN(CC2=Cc3ccccc3C2)CC1. The summed E-state index contributed by atoms with van der Waals surface area (Å²) in [7, 11) is 2.23. The second kappa shape index (κ2) is 11.0. The third-order valence-electron chi connectivity index (χ3n) is 5.94.